The second-order valence-corrected chi connectivity index (χ2v) is 3.03. The zero-order valence-electron chi connectivity index (χ0n) is 8.18. The SMILES string of the molecule is NC(NNc1ccccc1)(C(=O)O)C(=O)O. The molecule has 0 amide bonds. The third-order valence-corrected chi connectivity index (χ3v) is 1.85. The maximum absolute atomic E-state index is 10.7. The minimum atomic E-state index is -2.57. The van der Waals surface area contributed by atoms with Gasteiger partial charge >= 0.3 is 11.9 Å². The lowest BCUT2D eigenvalue weighted by Gasteiger charge is -2.22. The van der Waals surface area contributed by atoms with Gasteiger partial charge in [-0.2, -0.15) is 5.43 Å². The van der Waals surface area contributed by atoms with E-state index in [0.29, 0.717) is 5.69 Å². The number of rotatable bonds is 5. The van der Waals surface area contributed by atoms with E-state index >= 15 is 0 Å². The monoisotopic (exact) mass is 225 g/mol. The standard InChI is InChI=1S/C9H11N3O4/c10-9(7(13)14,8(15)16)12-11-6-4-2-1-3-5-6/h1-5,11-12H,10H2,(H,13,14)(H,15,16). The van der Waals surface area contributed by atoms with Gasteiger partial charge in [0.15, 0.2) is 0 Å². The molecule has 0 aliphatic heterocycles. The van der Waals surface area contributed by atoms with Gasteiger partial charge in [-0.25, -0.2) is 9.59 Å². The number of nitrogens with two attached hydrogens (primary N) is 1. The average Bonchev–Trinajstić information content (AvgIpc) is 2.26. The van der Waals surface area contributed by atoms with Crippen LogP contribution in [-0.4, -0.2) is 27.8 Å². The van der Waals surface area contributed by atoms with Gasteiger partial charge in [0.05, 0.1) is 0 Å². The Kier molecular flexibility index (Phi) is 3.44. The first-order valence-corrected chi connectivity index (χ1v) is 4.30. The predicted molar refractivity (Wildman–Crippen MR) is 55.4 cm³/mol. The zero-order valence-corrected chi connectivity index (χ0v) is 8.18. The lowest BCUT2D eigenvalue weighted by molar-refractivity contribution is -0.158. The number of carboxylic acids is 2. The molecule has 1 aromatic rings. The van der Waals surface area contributed by atoms with E-state index < -0.39 is 17.6 Å². The average molecular weight is 225 g/mol. The molecule has 7 nitrogen and oxygen atoms in total. The Morgan fingerprint density at radius 3 is 2.06 bits per heavy atom. The zero-order chi connectivity index (χ0) is 12.2. The van der Waals surface area contributed by atoms with Crippen molar-refractivity contribution in [2.75, 3.05) is 5.43 Å². The molecular weight excluding hydrogens is 214 g/mol. The van der Waals surface area contributed by atoms with E-state index in [1.165, 1.54) is 0 Å². The smallest absolute Gasteiger partial charge is 0.352 e. The largest absolute Gasteiger partial charge is 0.478 e. The molecule has 0 bridgehead atoms. The molecule has 6 N–H and O–H groups in total. The lowest BCUT2D eigenvalue weighted by Crippen LogP contribution is -2.66. The molecule has 16 heavy (non-hydrogen) atoms. The van der Waals surface area contributed by atoms with E-state index in [1.54, 1.807) is 30.3 Å². The maximum atomic E-state index is 10.7. The van der Waals surface area contributed by atoms with Crippen molar-refractivity contribution in [2.24, 2.45) is 5.73 Å². The van der Waals surface area contributed by atoms with Crippen molar-refractivity contribution in [3.8, 4) is 0 Å². The molecule has 86 valence electrons. The van der Waals surface area contributed by atoms with E-state index in [1.807, 2.05) is 5.43 Å². The Balaban J connectivity index is 2.72. The summed E-state index contributed by atoms with van der Waals surface area (Å²) in [6.07, 6.45) is 0. The molecule has 0 aliphatic carbocycles. The number of hydrogen-bond donors (Lipinski definition) is 5. The van der Waals surface area contributed by atoms with Crippen LogP contribution in [0.25, 0.3) is 0 Å². The topological polar surface area (TPSA) is 125 Å². The molecule has 0 atom stereocenters. The van der Waals surface area contributed by atoms with Crippen molar-refractivity contribution < 1.29 is 19.8 Å². The van der Waals surface area contributed by atoms with Crippen molar-refractivity contribution in [3.63, 3.8) is 0 Å². The number of carbonyl (C=O) groups is 2. The summed E-state index contributed by atoms with van der Waals surface area (Å²) in [6.45, 7) is 0. The van der Waals surface area contributed by atoms with Gasteiger partial charge < -0.3 is 15.6 Å². The first-order valence-electron chi connectivity index (χ1n) is 4.30. The van der Waals surface area contributed by atoms with Crippen molar-refractivity contribution in [1.82, 2.24) is 5.43 Å². The van der Waals surface area contributed by atoms with Crippen LogP contribution < -0.4 is 16.6 Å². The molecule has 0 radical (unpaired) electrons. The molecule has 0 fully saturated rings. The third-order valence-electron chi connectivity index (χ3n) is 1.85. The fraction of sp³-hybridized carbons (Fsp3) is 0.111. The van der Waals surface area contributed by atoms with Crippen LogP contribution in [-0.2, 0) is 9.59 Å². The van der Waals surface area contributed by atoms with Gasteiger partial charge in [-0.1, -0.05) is 18.2 Å². The number of anilines is 1. The summed E-state index contributed by atoms with van der Waals surface area (Å²) in [7, 11) is 0. The van der Waals surface area contributed by atoms with Gasteiger partial charge in [0.1, 0.15) is 0 Å². The summed E-state index contributed by atoms with van der Waals surface area (Å²) in [5.74, 6) is -3.38. The van der Waals surface area contributed by atoms with Crippen molar-refractivity contribution in [3.05, 3.63) is 30.3 Å². The van der Waals surface area contributed by atoms with Crippen LogP contribution in [0.5, 0.6) is 0 Å². The van der Waals surface area contributed by atoms with Crippen LogP contribution in [0.1, 0.15) is 0 Å². The number of hydrazine groups is 1. The Hall–Kier alpha value is -2.12. The molecule has 0 unspecified atom stereocenters. The summed E-state index contributed by atoms with van der Waals surface area (Å²) in [5.41, 5.74) is 7.54. The van der Waals surface area contributed by atoms with E-state index in [9.17, 15) is 9.59 Å². The molecule has 7 heteroatoms. The fourth-order valence-corrected chi connectivity index (χ4v) is 0.891. The minimum Gasteiger partial charge on any atom is -0.478 e. The summed E-state index contributed by atoms with van der Waals surface area (Å²) in [5, 5.41) is 17.3. The van der Waals surface area contributed by atoms with Crippen LogP contribution in [0.2, 0.25) is 0 Å². The van der Waals surface area contributed by atoms with Gasteiger partial charge in [-0.15, -0.1) is 0 Å². The van der Waals surface area contributed by atoms with E-state index in [4.69, 9.17) is 15.9 Å². The number of carboxylic acid groups (broad SMARTS) is 2. The predicted octanol–water partition coefficient (Wildman–Crippen LogP) is -0.573. The number of para-hydroxylation sites is 1. The number of aliphatic carboxylic acids is 2. The van der Waals surface area contributed by atoms with Gasteiger partial charge in [0, 0.05) is 5.69 Å². The van der Waals surface area contributed by atoms with Crippen molar-refractivity contribution >= 4 is 17.6 Å². The molecule has 1 aromatic carbocycles. The quantitative estimate of drug-likeness (QED) is 0.258. The van der Waals surface area contributed by atoms with E-state index in [2.05, 4.69) is 5.43 Å². The highest BCUT2D eigenvalue weighted by atomic mass is 16.4. The molecule has 1 rings (SSSR count). The molecule has 0 aliphatic rings. The second-order valence-electron chi connectivity index (χ2n) is 3.03. The van der Waals surface area contributed by atoms with Crippen molar-refractivity contribution in [1.29, 1.82) is 0 Å². The second kappa shape index (κ2) is 4.60. The molecule has 0 saturated carbocycles. The van der Waals surface area contributed by atoms with Crippen LogP contribution in [0, 0.1) is 0 Å². The lowest BCUT2D eigenvalue weighted by atomic mass is 10.2. The van der Waals surface area contributed by atoms with Crippen LogP contribution in [0.4, 0.5) is 5.69 Å². The highest BCUT2D eigenvalue weighted by Crippen LogP contribution is 2.05. The molecule has 0 aromatic heterocycles. The normalized spacial score (nSPS) is 10.8. The summed E-state index contributed by atoms with van der Waals surface area (Å²) >= 11 is 0. The van der Waals surface area contributed by atoms with Crippen molar-refractivity contribution in [2.45, 2.75) is 5.66 Å². The number of hydrogen-bond acceptors (Lipinski definition) is 5. The van der Waals surface area contributed by atoms with Crippen LogP contribution in [0.3, 0.4) is 0 Å². The Bertz CT molecular complexity index is 379. The minimum absolute atomic E-state index is 0.500. The summed E-state index contributed by atoms with van der Waals surface area (Å²) in [6, 6.07) is 8.40. The Morgan fingerprint density at radius 2 is 1.62 bits per heavy atom. The van der Waals surface area contributed by atoms with Gasteiger partial charge in [-0.3, -0.25) is 5.73 Å². The Labute approximate surface area is 90.8 Å². The first kappa shape index (κ1) is 12.0. The van der Waals surface area contributed by atoms with E-state index in [0.717, 1.165) is 0 Å². The molecule has 0 saturated heterocycles. The van der Waals surface area contributed by atoms with Gasteiger partial charge in [0.25, 0.3) is 5.66 Å². The Morgan fingerprint density at radius 1 is 1.12 bits per heavy atom. The summed E-state index contributed by atoms with van der Waals surface area (Å²) < 4.78 is 0. The molecule has 0 heterocycles. The van der Waals surface area contributed by atoms with Crippen LogP contribution >= 0.6 is 0 Å². The maximum Gasteiger partial charge on any atom is 0.352 e. The summed E-state index contributed by atoms with van der Waals surface area (Å²) in [4.78, 5) is 21.4. The van der Waals surface area contributed by atoms with E-state index in [-0.39, 0.29) is 0 Å². The number of nitrogens with one attached hydrogen (secondary N) is 2. The highest BCUT2D eigenvalue weighted by Gasteiger charge is 2.42. The highest BCUT2D eigenvalue weighted by molar-refractivity contribution is 6.02. The first-order chi connectivity index (χ1) is 7.47. The number of benzene rings is 1. The molecular formula is C9H11N3O4. The van der Waals surface area contributed by atoms with Crippen LogP contribution in [0.15, 0.2) is 30.3 Å². The van der Waals surface area contributed by atoms with Gasteiger partial charge in [0.2, 0.25) is 0 Å². The molecule has 0 spiro atoms. The third kappa shape index (κ3) is 2.47. The fourth-order valence-electron chi connectivity index (χ4n) is 0.891. The van der Waals surface area contributed by atoms with Gasteiger partial charge in [-0.05, 0) is 12.1 Å².